The molecule has 0 aromatic heterocycles. The van der Waals surface area contributed by atoms with Gasteiger partial charge in [0.05, 0.1) is 11.2 Å². The molecule has 8 heteroatoms. The van der Waals surface area contributed by atoms with Crippen LogP contribution in [-0.4, -0.2) is 79.1 Å². The number of carbonyl (C=O) groups excluding carboxylic acids is 1. The van der Waals surface area contributed by atoms with Crippen molar-refractivity contribution in [3.63, 3.8) is 0 Å². The van der Waals surface area contributed by atoms with Crippen molar-refractivity contribution in [1.82, 2.24) is 19.6 Å². The van der Waals surface area contributed by atoms with Gasteiger partial charge in [-0.2, -0.15) is 0 Å². The second kappa shape index (κ2) is 10.3. The first-order valence-electron chi connectivity index (χ1n) is 14.1. The first-order chi connectivity index (χ1) is 16.3. The predicted octanol–water partition coefficient (Wildman–Crippen LogP) is 3.08. The highest BCUT2D eigenvalue weighted by Gasteiger charge is 2.46. The summed E-state index contributed by atoms with van der Waals surface area (Å²) in [7, 11) is -3.13. The number of rotatable bonds is 4. The third-order valence-corrected chi connectivity index (χ3v) is 12.1. The first-order valence-corrected chi connectivity index (χ1v) is 15.6. The number of fused-ring (bicyclic) bond motifs is 1. The number of hydrazine groups is 1. The van der Waals surface area contributed by atoms with E-state index >= 15 is 0 Å². The molecule has 5 aliphatic rings. The molecular formula is C26H46N4O3S. The Kier molecular flexibility index (Phi) is 7.60. The summed E-state index contributed by atoms with van der Waals surface area (Å²) in [6.45, 7) is 9.52. The maximum atomic E-state index is 13.5. The summed E-state index contributed by atoms with van der Waals surface area (Å²) < 4.78 is 28.1. The zero-order valence-electron chi connectivity index (χ0n) is 21.3. The van der Waals surface area contributed by atoms with Crippen LogP contribution in [0.4, 0.5) is 0 Å². The number of nitrogens with one attached hydrogen (secondary N) is 1. The molecule has 1 N–H and O–H groups in total. The summed E-state index contributed by atoms with van der Waals surface area (Å²) in [5, 5.41) is 2.20. The van der Waals surface area contributed by atoms with Gasteiger partial charge >= 0.3 is 0 Å². The lowest BCUT2D eigenvalue weighted by Gasteiger charge is -2.43. The number of amides is 1. The molecule has 194 valence electrons. The fraction of sp³-hybridized carbons (Fsp3) is 0.962. The van der Waals surface area contributed by atoms with Crippen molar-refractivity contribution in [3.8, 4) is 0 Å². The molecule has 1 amide bonds. The summed E-state index contributed by atoms with van der Waals surface area (Å²) in [5.41, 5.74) is 3.54. The van der Waals surface area contributed by atoms with E-state index in [1.165, 1.54) is 12.8 Å². The second-order valence-corrected chi connectivity index (χ2v) is 14.5. The maximum Gasteiger partial charge on any atom is 0.228 e. The van der Waals surface area contributed by atoms with E-state index in [-0.39, 0.29) is 11.2 Å². The Bertz CT molecular complexity index is 812. The van der Waals surface area contributed by atoms with Crippen LogP contribution in [0.3, 0.4) is 0 Å². The zero-order valence-corrected chi connectivity index (χ0v) is 22.1. The fourth-order valence-corrected chi connectivity index (χ4v) is 9.96. The third-order valence-electron chi connectivity index (χ3n) is 9.66. The molecule has 0 radical (unpaired) electrons. The molecule has 7 nitrogen and oxygen atoms in total. The average molecular weight is 495 g/mol. The summed E-state index contributed by atoms with van der Waals surface area (Å²) in [6.07, 6.45) is 10.4. The van der Waals surface area contributed by atoms with Crippen LogP contribution < -0.4 is 5.43 Å². The Morgan fingerprint density at radius 3 is 2.15 bits per heavy atom. The van der Waals surface area contributed by atoms with Crippen molar-refractivity contribution < 1.29 is 13.2 Å². The highest BCUT2D eigenvalue weighted by atomic mass is 32.2. The second-order valence-electron chi connectivity index (χ2n) is 12.2. The van der Waals surface area contributed by atoms with Crippen molar-refractivity contribution >= 4 is 15.9 Å². The van der Waals surface area contributed by atoms with E-state index in [1.54, 1.807) is 0 Å². The van der Waals surface area contributed by atoms with Crippen molar-refractivity contribution in [3.05, 3.63) is 0 Å². The number of piperidine rings is 3. The molecule has 4 heterocycles. The number of likely N-dealkylation sites (tertiary alicyclic amines) is 1. The van der Waals surface area contributed by atoms with E-state index < -0.39 is 10.0 Å². The Morgan fingerprint density at radius 2 is 1.47 bits per heavy atom. The topological polar surface area (TPSA) is 73.0 Å². The van der Waals surface area contributed by atoms with Crippen LogP contribution in [0, 0.1) is 29.6 Å². The van der Waals surface area contributed by atoms with Gasteiger partial charge in [0.15, 0.2) is 0 Å². The summed E-state index contributed by atoms with van der Waals surface area (Å²) in [6, 6.07) is 0.294. The molecule has 1 saturated carbocycles. The van der Waals surface area contributed by atoms with Crippen LogP contribution in [0.25, 0.3) is 0 Å². The molecule has 5 atom stereocenters. The van der Waals surface area contributed by atoms with Crippen molar-refractivity contribution in [2.24, 2.45) is 29.6 Å². The molecule has 4 aliphatic heterocycles. The molecule has 5 fully saturated rings. The summed E-state index contributed by atoms with van der Waals surface area (Å²) in [4.78, 5) is 15.7. The highest BCUT2D eigenvalue weighted by molar-refractivity contribution is 7.89. The lowest BCUT2D eigenvalue weighted by atomic mass is 9.75. The van der Waals surface area contributed by atoms with E-state index in [2.05, 4.69) is 29.2 Å². The van der Waals surface area contributed by atoms with Crippen molar-refractivity contribution in [2.75, 3.05) is 39.3 Å². The molecule has 5 rings (SSSR count). The van der Waals surface area contributed by atoms with Gasteiger partial charge in [-0.1, -0.05) is 33.1 Å². The minimum Gasteiger partial charge on any atom is -0.342 e. The molecule has 5 unspecified atom stereocenters. The Labute approximate surface area is 207 Å². The molecule has 0 spiro atoms. The lowest BCUT2D eigenvalue weighted by molar-refractivity contribution is -0.139. The lowest BCUT2D eigenvalue weighted by Crippen LogP contribution is -2.51. The van der Waals surface area contributed by atoms with Crippen LogP contribution in [0.2, 0.25) is 0 Å². The van der Waals surface area contributed by atoms with Crippen molar-refractivity contribution in [1.29, 1.82) is 0 Å². The summed E-state index contributed by atoms with van der Waals surface area (Å²) >= 11 is 0. The normalized spacial score (nSPS) is 37.6. The van der Waals surface area contributed by atoms with Gasteiger partial charge in [-0.15, -0.1) is 0 Å². The van der Waals surface area contributed by atoms with Crippen molar-refractivity contribution in [2.45, 2.75) is 89.3 Å². The minimum absolute atomic E-state index is 0.0621. The molecule has 0 bridgehead atoms. The van der Waals surface area contributed by atoms with E-state index in [1.807, 2.05) is 4.31 Å². The zero-order chi connectivity index (χ0) is 23.9. The molecule has 0 aromatic carbocycles. The Balaban J connectivity index is 1.17. The van der Waals surface area contributed by atoms with Gasteiger partial charge < -0.3 is 4.90 Å². The van der Waals surface area contributed by atoms with Crippen LogP contribution in [0.15, 0.2) is 0 Å². The van der Waals surface area contributed by atoms with E-state index in [9.17, 15) is 13.2 Å². The summed E-state index contributed by atoms with van der Waals surface area (Å²) in [5.74, 6) is 2.79. The fourth-order valence-electron chi connectivity index (χ4n) is 7.89. The van der Waals surface area contributed by atoms with E-state index in [4.69, 9.17) is 0 Å². The van der Waals surface area contributed by atoms with Gasteiger partial charge in [0.25, 0.3) is 0 Å². The van der Waals surface area contributed by atoms with Gasteiger partial charge in [0.2, 0.25) is 15.9 Å². The van der Waals surface area contributed by atoms with Gasteiger partial charge in [0, 0.05) is 45.3 Å². The number of carbonyl (C=O) groups is 1. The number of hydrogen-bond acceptors (Lipinski definition) is 5. The molecule has 4 saturated heterocycles. The Morgan fingerprint density at radius 1 is 0.824 bits per heavy atom. The van der Waals surface area contributed by atoms with Gasteiger partial charge in [-0.25, -0.2) is 17.7 Å². The van der Waals surface area contributed by atoms with Crippen LogP contribution in [0.1, 0.15) is 78.1 Å². The van der Waals surface area contributed by atoms with Gasteiger partial charge in [-0.3, -0.25) is 10.2 Å². The minimum atomic E-state index is -3.13. The van der Waals surface area contributed by atoms with E-state index in [0.29, 0.717) is 48.7 Å². The maximum absolute atomic E-state index is 13.5. The van der Waals surface area contributed by atoms with Gasteiger partial charge in [-0.05, 0) is 68.6 Å². The number of hydrogen-bond donors (Lipinski definition) is 1. The Hall–Kier alpha value is -0.700. The quantitative estimate of drug-likeness (QED) is 0.650. The largest absolute Gasteiger partial charge is 0.342 e. The third kappa shape index (κ3) is 5.07. The molecular weight excluding hydrogens is 448 g/mol. The van der Waals surface area contributed by atoms with Gasteiger partial charge in [0.1, 0.15) is 0 Å². The first kappa shape index (κ1) is 25.0. The average Bonchev–Trinajstić information content (AvgIpc) is 3.27. The van der Waals surface area contributed by atoms with Crippen LogP contribution >= 0.6 is 0 Å². The predicted molar refractivity (Wildman–Crippen MR) is 134 cm³/mol. The molecule has 0 aromatic rings. The van der Waals surface area contributed by atoms with Crippen LogP contribution in [0.5, 0.6) is 0 Å². The molecule has 1 aliphatic carbocycles. The number of sulfonamides is 1. The smallest absolute Gasteiger partial charge is 0.228 e. The van der Waals surface area contributed by atoms with Crippen LogP contribution in [-0.2, 0) is 14.8 Å². The SMILES string of the molecule is CC1CC(C)CN(C(=O)C2CNN3CCC(C4CCN(S(=O)(=O)C5CCCCC5)CC4)CC23)C1. The standard InChI is InChI=1S/C26H46N4O3S/c1-19-14-20(2)18-28(17-19)26(31)24-16-27-30-13-10-22(15-25(24)30)21-8-11-29(12-9-21)34(32,33)23-6-4-3-5-7-23/h19-25,27H,3-18H2,1-2H3. The highest BCUT2D eigenvalue weighted by Crippen LogP contribution is 2.40. The monoisotopic (exact) mass is 494 g/mol. The number of nitrogens with zero attached hydrogens (tertiary/aromatic N) is 3. The molecule has 34 heavy (non-hydrogen) atoms. The van der Waals surface area contributed by atoms with E-state index in [0.717, 1.165) is 77.5 Å².